The number of nitrogens with zero attached hydrogens (tertiary/aromatic N) is 1. The molecule has 0 bridgehead atoms. The Kier molecular flexibility index (Phi) is 4.60. The molecule has 15 heavy (non-hydrogen) atoms. The van der Waals surface area contributed by atoms with Crippen LogP contribution in [0.25, 0.3) is 0 Å². The Bertz CT molecular complexity index is 250. The van der Waals surface area contributed by atoms with Gasteiger partial charge in [-0.05, 0) is 33.2 Å². The molecule has 5 heteroatoms. The van der Waals surface area contributed by atoms with Gasteiger partial charge in [0.2, 0.25) is 0 Å². The number of nitrogens with one attached hydrogen (secondary N) is 1. The van der Waals surface area contributed by atoms with Crippen LogP contribution in [-0.2, 0) is 4.79 Å². The summed E-state index contributed by atoms with van der Waals surface area (Å²) >= 11 is 3.76. The van der Waals surface area contributed by atoms with Crippen LogP contribution in [0.1, 0.15) is 26.7 Å². The lowest BCUT2D eigenvalue weighted by molar-refractivity contribution is -0.121. The van der Waals surface area contributed by atoms with E-state index in [0.29, 0.717) is 0 Å². The van der Waals surface area contributed by atoms with Gasteiger partial charge in [0, 0.05) is 6.04 Å². The van der Waals surface area contributed by atoms with Gasteiger partial charge < -0.3 is 10.2 Å². The minimum absolute atomic E-state index is 0.0142. The van der Waals surface area contributed by atoms with Gasteiger partial charge in [-0.2, -0.15) is 0 Å². The second-order valence-corrected chi connectivity index (χ2v) is 4.50. The number of hydrogen-bond acceptors (Lipinski definition) is 3. The highest BCUT2D eigenvalue weighted by atomic mass is 32.1. The van der Waals surface area contributed by atoms with E-state index in [9.17, 15) is 9.59 Å². The van der Waals surface area contributed by atoms with E-state index in [-0.39, 0.29) is 29.7 Å². The van der Waals surface area contributed by atoms with E-state index >= 15 is 0 Å². The summed E-state index contributed by atoms with van der Waals surface area (Å²) in [7, 11) is 0. The maximum Gasteiger partial charge on any atom is 0.279 e. The van der Waals surface area contributed by atoms with Crippen LogP contribution in [0.4, 0.5) is 4.79 Å². The number of ketones is 1. The highest BCUT2D eigenvalue weighted by molar-refractivity contribution is 7.96. The Morgan fingerprint density at radius 2 is 2.20 bits per heavy atom. The molecule has 1 fully saturated rings. The highest BCUT2D eigenvalue weighted by Crippen LogP contribution is 2.09. The number of rotatable bonds is 4. The molecule has 86 valence electrons. The quantitative estimate of drug-likeness (QED) is 0.710. The van der Waals surface area contributed by atoms with Crippen molar-refractivity contribution >= 4 is 23.7 Å². The predicted octanol–water partition coefficient (Wildman–Crippen LogP) is 1.07. The molecule has 0 spiro atoms. The van der Waals surface area contributed by atoms with Crippen molar-refractivity contribution in [2.45, 2.75) is 38.8 Å². The van der Waals surface area contributed by atoms with Gasteiger partial charge in [0.05, 0.1) is 12.6 Å². The zero-order valence-electron chi connectivity index (χ0n) is 9.19. The fourth-order valence-electron chi connectivity index (χ4n) is 1.71. The van der Waals surface area contributed by atoms with Gasteiger partial charge in [0.25, 0.3) is 5.24 Å². The van der Waals surface area contributed by atoms with Gasteiger partial charge in [-0.25, -0.2) is 0 Å². The van der Waals surface area contributed by atoms with Crippen LogP contribution in [0.15, 0.2) is 0 Å². The first-order valence-electron chi connectivity index (χ1n) is 5.28. The van der Waals surface area contributed by atoms with Crippen LogP contribution >= 0.6 is 12.6 Å². The molecule has 0 unspecified atom stereocenters. The molecule has 4 nitrogen and oxygen atoms in total. The average Bonchev–Trinajstić information content (AvgIpc) is 2.65. The Balaban J connectivity index is 2.50. The fraction of sp³-hybridized carbons (Fsp3) is 0.800. The summed E-state index contributed by atoms with van der Waals surface area (Å²) in [6, 6.07) is -0.0562. The lowest BCUT2D eigenvalue weighted by Gasteiger charge is -2.25. The summed E-state index contributed by atoms with van der Waals surface area (Å²) < 4.78 is 0. The van der Waals surface area contributed by atoms with E-state index in [1.54, 1.807) is 0 Å². The normalized spacial score (nSPS) is 20.7. The zero-order valence-corrected chi connectivity index (χ0v) is 10.1. The molecule has 1 rings (SSSR count). The third kappa shape index (κ3) is 3.50. The lowest BCUT2D eigenvalue weighted by Crippen LogP contribution is -2.43. The number of hydrogen-bond donors (Lipinski definition) is 2. The second kappa shape index (κ2) is 5.51. The molecule has 1 saturated heterocycles. The van der Waals surface area contributed by atoms with Crippen LogP contribution in [0.2, 0.25) is 0 Å². The molecular weight excluding hydrogens is 212 g/mol. The van der Waals surface area contributed by atoms with E-state index in [1.165, 1.54) is 4.90 Å². The van der Waals surface area contributed by atoms with Gasteiger partial charge in [0.15, 0.2) is 5.78 Å². The van der Waals surface area contributed by atoms with Crippen molar-refractivity contribution in [1.82, 2.24) is 10.2 Å². The van der Waals surface area contributed by atoms with Crippen molar-refractivity contribution in [3.05, 3.63) is 0 Å². The molecule has 0 aromatic heterocycles. The van der Waals surface area contributed by atoms with Crippen LogP contribution in [-0.4, -0.2) is 41.1 Å². The van der Waals surface area contributed by atoms with E-state index < -0.39 is 0 Å². The van der Waals surface area contributed by atoms with Crippen molar-refractivity contribution in [2.75, 3.05) is 13.1 Å². The summed E-state index contributed by atoms with van der Waals surface area (Å²) in [6.45, 7) is 4.82. The van der Waals surface area contributed by atoms with Crippen molar-refractivity contribution in [3.63, 3.8) is 0 Å². The van der Waals surface area contributed by atoms with Gasteiger partial charge in [-0.3, -0.25) is 9.59 Å². The molecule has 1 aliphatic heterocycles. The molecule has 0 radical (unpaired) electrons. The minimum atomic E-state index is -0.337. The van der Waals surface area contributed by atoms with Crippen molar-refractivity contribution in [3.8, 4) is 0 Å². The number of Topliss-reactive ketones (excluding diaryl/α,β-unsaturated/α-hetero) is 1. The monoisotopic (exact) mass is 230 g/mol. The van der Waals surface area contributed by atoms with Crippen LogP contribution < -0.4 is 5.32 Å². The molecule has 0 saturated carbocycles. The third-order valence-electron chi connectivity index (χ3n) is 2.64. The summed E-state index contributed by atoms with van der Waals surface area (Å²) in [6.07, 6.45) is 1.92. The number of amides is 1. The van der Waals surface area contributed by atoms with Gasteiger partial charge >= 0.3 is 0 Å². The highest BCUT2D eigenvalue weighted by Gasteiger charge is 2.25. The van der Waals surface area contributed by atoms with Crippen molar-refractivity contribution in [2.24, 2.45) is 0 Å². The molecule has 0 aromatic rings. The first-order chi connectivity index (χ1) is 7.02. The standard InChI is InChI=1S/C10H18N2O2S/c1-7(2)12(10(14)15)6-9(13)8-4-3-5-11-8/h7-8,11H,3-6H2,1-2H3,(H,14,15)/t8-/m0/s1. The van der Waals surface area contributed by atoms with Gasteiger partial charge in [0.1, 0.15) is 0 Å². The number of carbonyl (C=O) groups is 2. The summed E-state index contributed by atoms with van der Waals surface area (Å²) in [4.78, 5) is 24.4. The predicted molar refractivity (Wildman–Crippen MR) is 62.3 cm³/mol. The minimum Gasteiger partial charge on any atom is -0.324 e. The molecule has 1 heterocycles. The van der Waals surface area contributed by atoms with Crippen molar-refractivity contribution < 1.29 is 9.59 Å². The molecule has 0 aliphatic carbocycles. The Morgan fingerprint density at radius 3 is 2.60 bits per heavy atom. The average molecular weight is 230 g/mol. The second-order valence-electron chi connectivity index (χ2n) is 4.12. The first-order valence-corrected chi connectivity index (χ1v) is 5.72. The summed E-state index contributed by atoms with van der Waals surface area (Å²) in [5.41, 5.74) is 0. The topological polar surface area (TPSA) is 49.4 Å². The maximum atomic E-state index is 11.8. The van der Waals surface area contributed by atoms with E-state index in [2.05, 4.69) is 17.9 Å². The molecule has 1 amide bonds. The summed E-state index contributed by atoms with van der Waals surface area (Å²) in [5.74, 6) is 0.0867. The van der Waals surface area contributed by atoms with Crippen LogP contribution in [0.5, 0.6) is 0 Å². The van der Waals surface area contributed by atoms with Crippen LogP contribution in [0, 0.1) is 0 Å². The van der Waals surface area contributed by atoms with E-state index in [4.69, 9.17) is 0 Å². The van der Waals surface area contributed by atoms with E-state index in [0.717, 1.165) is 19.4 Å². The van der Waals surface area contributed by atoms with Crippen molar-refractivity contribution in [1.29, 1.82) is 0 Å². The maximum absolute atomic E-state index is 11.8. The first kappa shape index (κ1) is 12.5. The number of thiol groups is 1. The lowest BCUT2D eigenvalue weighted by atomic mass is 10.1. The van der Waals surface area contributed by atoms with E-state index in [1.807, 2.05) is 13.8 Å². The molecule has 0 aromatic carbocycles. The SMILES string of the molecule is CC(C)N(CC(=O)[C@@H]1CCCN1)C(=O)S. The summed E-state index contributed by atoms with van der Waals surface area (Å²) in [5, 5.41) is 2.79. The molecule has 1 atom stereocenters. The Morgan fingerprint density at radius 1 is 1.53 bits per heavy atom. The van der Waals surface area contributed by atoms with Gasteiger partial charge in [-0.15, -0.1) is 0 Å². The molecule has 1 aliphatic rings. The Hall–Kier alpha value is -0.550. The fourth-order valence-corrected chi connectivity index (χ4v) is 2.01. The largest absolute Gasteiger partial charge is 0.324 e. The van der Waals surface area contributed by atoms with Gasteiger partial charge in [-0.1, -0.05) is 12.6 Å². The molecule has 1 N–H and O–H groups in total. The third-order valence-corrected chi connectivity index (χ3v) is 2.90. The number of carbonyl (C=O) groups excluding carboxylic acids is 2. The molecular formula is C10H18N2O2S. The zero-order chi connectivity index (χ0) is 11.4. The van der Waals surface area contributed by atoms with Crippen LogP contribution in [0.3, 0.4) is 0 Å². The Labute approximate surface area is 95.8 Å². The smallest absolute Gasteiger partial charge is 0.279 e.